The van der Waals surface area contributed by atoms with E-state index >= 15 is 0 Å². The van der Waals surface area contributed by atoms with Crippen LogP contribution in [0.2, 0.25) is 0 Å². The van der Waals surface area contributed by atoms with Crippen LogP contribution in [0.5, 0.6) is 5.75 Å². The molecule has 2 saturated carbocycles. The maximum atomic E-state index is 13.6. The van der Waals surface area contributed by atoms with Gasteiger partial charge >= 0.3 is 5.97 Å². The van der Waals surface area contributed by atoms with Gasteiger partial charge in [0, 0.05) is 34.7 Å². The van der Waals surface area contributed by atoms with Crippen LogP contribution in [0.25, 0.3) is 0 Å². The van der Waals surface area contributed by atoms with Gasteiger partial charge in [-0.2, -0.15) is 5.26 Å². The Morgan fingerprint density at radius 3 is 2.68 bits per heavy atom. The molecule has 1 aliphatic heterocycles. The molecule has 2 fully saturated rings. The van der Waals surface area contributed by atoms with Crippen molar-refractivity contribution in [2.45, 2.75) is 69.7 Å². The van der Waals surface area contributed by atoms with Crippen LogP contribution in [0.15, 0.2) is 36.4 Å². The van der Waals surface area contributed by atoms with Crippen molar-refractivity contribution in [3.05, 3.63) is 58.7 Å². The number of carboxylic acid groups (broad SMARTS) is 1. The van der Waals surface area contributed by atoms with Crippen molar-refractivity contribution in [2.75, 3.05) is 11.9 Å². The normalized spacial score (nSPS) is 23.7. The molecule has 0 bridgehead atoms. The summed E-state index contributed by atoms with van der Waals surface area (Å²) < 4.78 is 5.93. The largest absolute Gasteiger partial charge is 0.493 e. The van der Waals surface area contributed by atoms with Crippen molar-refractivity contribution in [1.29, 1.82) is 5.26 Å². The first-order valence-electron chi connectivity index (χ1n) is 13.5. The quantitative estimate of drug-likeness (QED) is 0.473. The van der Waals surface area contributed by atoms with Crippen molar-refractivity contribution >= 4 is 23.5 Å². The number of aryl methyl sites for hydroxylation is 1. The van der Waals surface area contributed by atoms with Crippen LogP contribution in [0.4, 0.5) is 5.69 Å². The van der Waals surface area contributed by atoms with Crippen LogP contribution in [0.3, 0.4) is 0 Å². The summed E-state index contributed by atoms with van der Waals surface area (Å²) in [5.41, 5.74) is 2.85. The van der Waals surface area contributed by atoms with Gasteiger partial charge in [0.25, 0.3) is 5.91 Å². The highest BCUT2D eigenvalue weighted by Crippen LogP contribution is 2.65. The fourth-order valence-corrected chi connectivity index (χ4v) is 6.47. The average Bonchev–Trinajstić information content (AvgIpc) is 3.21. The van der Waals surface area contributed by atoms with E-state index in [0.717, 1.165) is 42.6 Å². The minimum absolute atomic E-state index is 0.0313. The van der Waals surface area contributed by atoms with Gasteiger partial charge in [-0.15, -0.1) is 0 Å². The summed E-state index contributed by atoms with van der Waals surface area (Å²) in [5.74, 6) is -0.636. The Balaban J connectivity index is 1.37. The Hall–Kier alpha value is -3.86. The highest BCUT2D eigenvalue weighted by molar-refractivity contribution is 5.98. The van der Waals surface area contributed by atoms with Gasteiger partial charge in [-0.1, -0.05) is 25.8 Å². The number of hydrogen-bond donors (Lipinski definition) is 3. The molecule has 0 saturated heterocycles. The van der Waals surface area contributed by atoms with Gasteiger partial charge in [0.2, 0.25) is 5.91 Å². The lowest BCUT2D eigenvalue weighted by Gasteiger charge is -2.28. The first-order chi connectivity index (χ1) is 18.3. The number of fused-ring (bicyclic) bond motifs is 2. The molecule has 0 radical (unpaired) electrons. The van der Waals surface area contributed by atoms with Gasteiger partial charge in [0.1, 0.15) is 5.75 Å². The standard InChI is InChI=1S/C30H33N3O5/c1-18-27(29(37)33-24-15-19(17-31)9-10-20(24)5-4-8-26(34)35)30(18)13-14-38-25-12-11-21(16-23(25)30)28(36)32-22-6-2-3-7-22/h9-12,15-16,18,22,27H,2-8,13-14H2,1H3,(H,32,36)(H,33,37)(H,34,35). The van der Waals surface area contributed by atoms with E-state index in [1.165, 1.54) is 0 Å². The molecule has 5 rings (SSSR count). The third-order valence-electron chi connectivity index (χ3n) is 8.58. The molecule has 1 heterocycles. The molecule has 2 aliphatic carbocycles. The van der Waals surface area contributed by atoms with E-state index in [4.69, 9.17) is 9.84 Å². The summed E-state index contributed by atoms with van der Waals surface area (Å²) in [5, 5.41) is 24.6. The van der Waals surface area contributed by atoms with E-state index in [2.05, 4.69) is 23.6 Å². The van der Waals surface area contributed by atoms with Gasteiger partial charge in [0.05, 0.1) is 24.2 Å². The summed E-state index contributed by atoms with van der Waals surface area (Å²) in [6, 6.07) is 13.0. The number of amides is 2. The number of nitriles is 1. The van der Waals surface area contributed by atoms with Gasteiger partial charge in [0.15, 0.2) is 0 Å². The van der Waals surface area contributed by atoms with E-state index in [9.17, 15) is 19.6 Å². The Labute approximate surface area is 222 Å². The molecule has 0 aromatic heterocycles. The summed E-state index contributed by atoms with van der Waals surface area (Å²) in [6.45, 7) is 2.56. The maximum Gasteiger partial charge on any atom is 0.303 e. The Morgan fingerprint density at radius 1 is 1.16 bits per heavy atom. The van der Waals surface area contributed by atoms with E-state index in [-0.39, 0.29) is 36.1 Å². The van der Waals surface area contributed by atoms with E-state index < -0.39 is 11.4 Å². The number of carboxylic acids is 1. The minimum atomic E-state index is -0.868. The van der Waals surface area contributed by atoms with Gasteiger partial charge in [-0.3, -0.25) is 14.4 Å². The number of carbonyl (C=O) groups is 3. The van der Waals surface area contributed by atoms with Crippen molar-refractivity contribution in [3.63, 3.8) is 0 Å². The molecule has 8 nitrogen and oxygen atoms in total. The SMILES string of the molecule is CC1C(C(=O)Nc2cc(C#N)ccc2CCCC(=O)O)C12CCOc1ccc(C(=O)NC3CCCC3)cc12. The van der Waals surface area contributed by atoms with Crippen LogP contribution in [0.1, 0.15) is 78.9 Å². The number of nitrogens with zero attached hydrogens (tertiary/aromatic N) is 1. The van der Waals surface area contributed by atoms with E-state index in [1.54, 1.807) is 24.3 Å². The predicted octanol–water partition coefficient (Wildman–Crippen LogP) is 4.56. The lowest BCUT2D eigenvalue weighted by molar-refractivity contribution is -0.137. The zero-order chi connectivity index (χ0) is 26.9. The Kier molecular flexibility index (Phi) is 7.11. The monoisotopic (exact) mass is 515 g/mol. The second kappa shape index (κ2) is 10.5. The second-order valence-corrected chi connectivity index (χ2v) is 10.8. The number of nitrogens with one attached hydrogen (secondary N) is 2. The zero-order valence-corrected chi connectivity index (χ0v) is 21.6. The molecule has 3 unspecified atom stereocenters. The molecule has 2 aromatic rings. The number of anilines is 1. The second-order valence-electron chi connectivity index (χ2n) is 10.8. The molecule has 3 atom stereocenters. The highest BCUT2D eigenvalue weighted by atomic mass is 16.5. The Bertz CT molecular complexity index is 1310. The average molecular weight is 516 g/mol. The fourth-order valence-electron chi connectivity index (χ4n) is 6.47. The highest BCUT2D eigenvalue weighted by Gasteiger charge is 2.67. The van der Waals surface area contributed by atoms with E-state index in [1.807, 2.05) is 12.1 Å². The number of benzene rings is 2. The van der Waals surface area contributed by atoms with Crippen LogP contribution >= 0.6 is 0 Å². The molecule has 8 heteroatoms. The third-order valence-corrected chi connectivity index (χ3v) is 8.58. The maximum absolute atomic E-state index is 13.6. The number of ether oxygens (including phenoxy) is 1. The topological polar surface area (TPSA) is 129 Å². The molecule has 1 spiro atoms. The summed E-state index contributed by atoms with van der Waals surface area (Å²) in [7, 11) is 0. The fraction of sp³-hybridized carbons (Fsp3) is 0.467. The number of carbonyl (C=O) groups excluding carboxylic acids is 2. The molecular weight excluding hydrogens is 482 g/mol. The molecule has 3 aliphatic rings. The number of rotatable bonds is 8. The van der Waals surface area contributed by atoms with Crippen LogP contribution < -0.4 is 15.4 Å². The first kappa shape index (κ1) is 25.8. The smallest absolute Gasteiger partial charge is 0.303 e. The zero-order valence-electron chi connectivity index (χ0n) is 21.6. The predicted molar refractivity (Wildman–Crippen MR) is 141 cm³/mol. The van der Waals surface area contributed by atoms with Gasteiger partial charge < -0.3 is 20.5 Å². The van der Waals surface area contributed by atoms with Gasteiger partial charge in [-0.25, -0.2) is 0 Å². The summed E-state index contributed by atoms with van der Waals surface area (Å²) in [4.78, 5) is 37.6. The van der Waals surface area contributed by atoms with Crippen molar-refractivity contribution in [1.82, 2.24) is 5.32 Å². The van der Waals surface area contributed by atoms with Crippen LogP contribution in [-0.2, 0) is 21.4 Å². The summed E-state index contributed by atoms with van der Waals surface area (Å²) in [6.07, 6.45) is 5.92. The van der Waals surface area contributed by atoms with Crippen molar-refractivity contribution in [2.24, 2.45) is 11.8 Å². The lowest BCUT2D eigenvalue weighted by atomic mass is 9.85. The lowest BCUT2D eigenvalue weighted by Crippen LogP contribution is -2.33. The minimum Gasteiger partial charge on any atom is -0.493 e. The number of hydrogen-bond acceptors (Lipinski definition) is 5. The Morgan fingerprint density at radius 2 is 1.95 bits per heavy atom. The van der Waals surface area contributed by atoms with Crippen LogP contribution in [-0.4, -0.2) is 35.5 Å². The molecule has 198 valence electrons. The van der Waals surface area contributed by atoms with Crippen LogP contribution in [0, 0.1) is 23.2 Å². The van der Waals surface area contributed by atoms with Crippen molar-refractivity contribution < 1.29 is 24.2 Å². The molecular formula is C30H33N3O5. The molecule has 38 heavy (non-hydrogen) atoms. The van der Waals surface area contributed by atoms with E-state index in [0.29, 0.717) is 42.7 Å². The molecule has 3 N–H and O–H groups in total. The molecule has 2 amide bonds. The van der Waals surface area contributed by atoms with Gasteiger partial charge in [-0.05, 0) is 73.9 Å². The number of aliphatic carboxylic acids is 1. The third kappa shape index (κ3) is 4.85. The van der Waals surface area contributed by atoms with Crippen molar-refractivity contribution in [3.8, 4) is 11.8 Å². The summed E-state index contributed by atoms with van der Waals surface area (Å²) >= 11 is 0. The molecule has 2 aromatic carbocycles. The first-order valence-corrected chi connectivity index (χ1v) is 13.5.